The number of benzene rings is 2. The van der Waals surface area contributed by atoms with Crippen LogP contribution in [0.1, 0.15) is 29.9 Å². The normalized spacial score (nSPS) is 21.2. The number of methoxy groups -OCH3 is 1. The van der Waals surface area contributed by atoms with Crippen LogP contribution >= 0.6 is 0 Å². The second-order valence-corrected chi connectivity index (χ2v) is 7.98. The fourth-order valence-electron chi connectivity index (χ4n) is 4.34. The fourth-order valence-corrected chi connectivity index (χ4v) is 4.34. The molecule has 1 fully saturated rings. The van der Waals surface area contributed by atoms with Crippen molar-refractivity contribution < 1.29 is 18.6 Å². The van der Waals surface area contributed by atoms with Gasteiger partial charge in [0.25, 0.3) is 0 Å². The number of nitrogens with one attached hydrogen (secondary N) is 1. The van der Waals surface area contributed by atoms with Gasteiger partial charge in [-0.05, 0) is 54.8 Å². The largest absolute Gasteiger partial charge is 0.490 e. The average molecular weight is 415 g/mol. The minimum atomic E-state index is -0.198. The lowest BCUT2D eigenvalue weighted by atomic mass is 9.88. The number of anilines is 1. The molecule has 0 aliphatic carbocycles. The Bertz CT molecular complexity index is 815. The molecule has 2 aromatic carbocycles. The zero-order valence-corrected chi connectivity index (χ0v) is 17.6. The second-order valence-electron chi connectivity index (χ2n) is 7.98. The van der Waals surface area contributed by atoms with Crippen molar-refractivity contribution in [2.45, 2.75) is 31.5 Å². The number of halogens is 1. The summed E-state index contributed by atoms with van der Waals surface area (Å²) in [5, 5.41) is 3.43. The van der Waals surface area contributed by atoms with Crippen molar-refractivity contribution in [1.82, 2.24) is 5.32 Å². The van der Waals surface area contributed by atoms with E-state index in [-0.39, 0.29) is 17.8 Å². The van der Waals surface area contributed by atoms with Crippen molar-refractivity contribution in [3.05, 3.63) is 59.4 Å². The minimum Gasteiger partial charge on any atom is -0.490 e. The van der Waals surface area contributed by atoms with Gasteiger partial charge in [0.15, 0.2) is 0 Å². The average Bonchev–Trinajstić information content (AvgIpc) is 2.79. The van der Waals surface area contributed by atoms with Gasteiger partial charge in [0, 0.05) is 32.7 Å². The predicted octanol–water partition coefficient (Wildman–Crippen LogP) is 3.72. The van der Waals surface area contributed by atoms with Crippen LogP contribution in [-0.4, -0.2) is 52.6 Å². The fraction of sp³-hybridized carbons (Fsp3) is 0.500. The summed E-state index contributed by atoms with van der Waals surface area (Å²) >= 11 is 0. The Morgan fingerprint density at radius 2 is 2.07 bits per heavy atom. The van der Waals surface area contributed by atoms with Crippen LogP contribution in [0.5, 0.6) is 5.75 Å². The van der Waals surface area contributed by atoms with Crippen LogP contribution in [0.15, 0.2) is 42.5 Å². The van der Waals surface area contributed by atoms with Crippen LogP contribution in [0.4, 0.5) is 10.1 Å². The van der Waals surface area contributed by atoms with E-state index in [1.165, 1.54) is 12.1 Å². The Balaban J connectivity index is 1.42. The molecule has 5 nitrogen and oxygen atoms in total. The summed E-state index contributed by atoms with van der Waals surface area (Å²) in [6, 6.07) is 13.2. The van der Waals surface area contributed by atoms with Gasteiger partial charge < -0.3 is 24.4 Å². The van der Waals surface area contributed by atoms with E-state index in [1.54, 1.807) is 7.11 Å². The number of ether oxygens (including phenoxy) is 3. The molecule has 0 spiro atoms. The molecule has 0 unspecified atom stereocenters. The van der Waals surface area contributed by atoms with Gasteiger partial charge in [0.2, 0.25) is 0 Å². The van der Waals surface area contributed by atoms with Gasteiger partial charge in [-0.2, -0.15) is 0 Å². The summed E-state index contributed by atoms with van der Waals surface area (Å²) in [5.41, 5.74) is 3.42. The third kappa shape index (κ3) is 5.12. The highest BCUT2D eigenvalue weighted by Gasteiger charge is 2.27. The number of piperidine rings is 1. The SMILES string of the molecule is COCCCN1CCOc2ccc(CO[C@H]3CNCC[C@@H]3c3ccc(F)cc3)cc21. The first kappa shape index (κ1) is 21.1. The molecule has 0 radical (unpaired) electrons. The van der Waals surface area contributed by atoms with Gasteiger partial charge in [-0.1, -0.05) is 18.2 Å². The molecule has 0 bridgehead atoms. The maximum Gasteiger partial charge on any atom is 0.142 e. The van der Waals surface area contributed by atoms with Gasteiger partial charge >= 0.3 is 0 Å². The van der Waals surface area contributed by atoms with E-state index in [0.29, 0.717) is 13.2 Å². The maximum absolute atomic E-state index is 13.3. The monoisotopic (exact) mass is 414 g/mol. The molecule has 1 N–H and O–H groups in total. The molecule has 2 aliphatic heterocycles. The predicted molar refractivity (Wildman–Crippen MR) is 116 cm³/mol. The standard InChI is InChI=1S/C24H31FN2O3/c1-28-13-2-11-27-12-14-29-23-8-3-18(15-22(23)27)17-30-24-16-26-10-9-21(24)19-4-6-20(25)7-5-19/h3-8,15,21,24,26H,2,9-14,16-17H2,1H3/t21-,24+/m1/s1. The molecule has 0 saturated carbocycles. The van der Waals surface area contributed by atoms with Gasteiger partial charge in [0.05, 0.1) is 24.9 Å². The van der Waals surface area contributed by atoms with Crippen molar-refractivity contribution in [1.29, 1.82) is 0 Å². The number of rotatable bonds is 8. The topological polar surface area (TPSA) is 43.0 Å². The lowest BCUT2D eigenvalue weighted by molar-refractivity contribution is 0.0106. The van der Waals surface area contributed by atoms with Crippen molar-refractivity contribution in [2.24, 2.45) is 0 Å². The molecule has 2 atom stereocenters. The van der Waals surface area contributed by atoms with Gasteiger partial charge in [-0.25, -0.2) is 4.39 Å². The van der Waals surface area contributed by atoms with Crippen molar-refractivity contribution in [2.75, 3.05) is 51.4 Å². The molecule has 1 saturated heterocycles. The Morgan fingerprint density at radius 1 is 1.20 bits per heavy atom. The molecule has 2 heterocycles. The minimum absolute atomic E-state index is 0.0642. The Kier molecular flexibility index (Phi) is 7.20. The van der Waals surface area contributed by atoms with Gasteiger partial charge in [-0.15, -0.1) is 0 Å². The molecular formula is C24H31FN2O3. The summed E-state index contributed by atoms with van der Waals surface area (Å²) in [6.07, 6.45) is 2.04. The number of fused-ring (bicyclic) bond motifs is 1. The van der Waals surface area contributed by atoms with E-state index in [2.05, 4.69) is 22.3 Å². The zero-order chi connectivity index (χ0) is 20.8. The first-order valence-electron chi connectivity index (χ1n) is 10.8. The summed E-state index contributed by atoms with van der Waals surface area (Å²) in [6.45, 7) is 5.61. The summed E-state index contributed by atoms with van der Waals surface area (Å²) in [5.74, 6) is 1.01. The van der Waals surface area contributed by atoms with E-state index in [0.717, 1.165) is 68.2 Å². The van der Waals surface area contributed by atoms with Crippen LogP contribution < -0.4 is 15.0 Å². The Labute approximate surface area is 178 Å². The summed E-state index contributed by atoms with van der Waals surface area (Å²) < 4.78 is 30.7. The smallest absolute Gasteiger partial charge is 0.142 e. The van der Waals surface area contributed by atoms with Crippen molar-refractivity contribution in [3.63, 3.8) is 0 Å². The quantitative estimate of drug-likeness (QED) is 0.667. The van der Waals surface area contributed by atoms with E-state index in [1.807, 2.05) is 18.2 Å². The van der Waals surface area contributed by atoms with E-state index < -0.39 is 0 Å². The number of hydrogen-bond donors (Lipinski definition) is 1. The lowest BCUT2D eigenvalue weighted by Crippen LogP contribution is -2.41. The summed E-state index contributed by atoms with van der Waals surface area (Å²) in [4.78, 5) is 2.37. The van der Waals surface area contributed by atoms with E-state index >= 15 is 0 Å². The van der Waals surface area contributed by atoms with Gasteiger partial charge in [-0.3, -0.25) is 0 Å². The van der Waals surface area contributed by atoms with Crippen molar-refractivity contribution in [3.8, 4) is 5.75 Å². The van der Waals surface area contributed by atoms with Crippen molar-refractivity contribution >= 4 is 5.69 Å². The molecule has 30 heavy (non-hydrogen) atoms. The maximum atomic E-state index is 13.3. The highest BCUT2D eigenvalue weighted by molar-refractivity contribution is 5.61. The van der Waals surface area contributed by atoms with Crippen LogP contribution in [0.25, 0.3) is 0 Å². The summed E-state index contributed by atoms with van der Waals surface area (Å²) in [7, 11) is 1.74. The Morgan fingerprint density at radius 3 is 2.90 bits per heavy atom. The Hall–Kier alpha value is -2.15. The molecule has 6 heteroatoms. The van der Waals surface area contributed by atoms with Crippen LogP contribution in [0.2, 0.25) is 0 Å². The molecule has 2 aromatic rings. The molecule has 0 aromatic heterocycles. The number of nitrogens with zero attached hydrogens (tertiary/aromatic N) is 1. The molecule has 0 amide bonds. The molecule has 4 rings (SSSR count). The van der Waals surface area contributed by atoms with Crippen LogP contribution in [0.3, 0.4) is 0 Å². The molecule has 2 aliphatic rings. The third-order valence-electron chi connectivity index (χ3n) is 5.95. The zero-order valence-electron chi connectivity index (χ0n) is 17.6. The van der Waals surface area contributed by atoms with Crippen LogP contribution in [0, 0.1) is 5.82 Å². The molecular weight excluding hydrogens is 383 g/mol. The number of hydrogen-bond acceptors (Lipinski definition) is 5. The van der Waals surface area contributed by atoms with E-state index in [9.17, 15) is 4.39 Å². The lowest BCUT2D eigenvalue weighted by Gasteiger charge is -2.33. The van der Waals surface area contributed by atoms with E-state index in [4.69, 9.17) is 14.2 Å². The van der Waals surface area contributed by atoms with Crippen LogP contribution in [-0.2, 0) is 16.1 Å². The third-order valence-corrected chi connectivity index (χ3v) is 5.95. The highest BCUT2D eigenvalue weighted by atomic mass is 19.1. The first-order chi connectivity index (χ1) is 14.7. The second kappa shape index (κ2) is 10.2. The molecule has 162 valence electrons. The highest BCUT2D eigenvalue weighted by Crippen LogP contribution is 2.34. The van der Waals surface area contributed by atoms with Gasteiger partial charge in [0.1, 0.15) is 18.2 Å². The first-order valence-corrected chi connectivity index (χ1v) is 10.8.